The van der Waals surface area contributed by atoms with Crippen LogP contribution in [0.25, 0.3) is 16.7 Å². The average molecular weight is 470 g/mol. The van der Waals surface area contributed by atoms with Gasteiger partial charge in [0.05, 0.1) is 11.9 Å². The van der Waals surface area contributed by atoms with E-state index in [2.05, 4.69) is 15.5 Å². The molecule has 1 aliphatic heterocycles. The van der Waals surface area contributed by atoms with E-state index in [1.807, 2.05) is 76.3 Å². The van der Waals surface area contributed by atoms with Gasteiger partial charge in [-0.15, -0.1) is 10.2 Å². The largest absolute Gasteiger partial charge is 0.438 e. The van der Waals surface area contributed by atoms with Crippen molar-refractivity contribution in [3.8, 4) is 17.4 Å². The minimum absolute atomic E-state index is 0.0432. The third kappa shape index (κ3) is 5.32. The number of nitrogens with one attached hydrogen (secondary N) is 1. The van der Waals surface area contributed by atoms with Crippen LogP contribution in [0, 0.1) is 0 Å². The smallest absolute Gasteiger partial charge is 0.238 e. The number of benzene rings is 2. The lowest BCUT2D eigenvalue weighted by Crippen LogP contribution is -2.31. The number of para-hydroxylation sites is 2. The van der Waals surface area contributed by atoms with Gasteiger partial charge in [-0.3, -0.25) is 14.2 Å². The molecular weight excluding hydrogens is 442 g/mol. The lowest BCUT2D eigenvalue weighted by atomic mass is 10.1. The Morgan fingerprint density at radius 1 is 1.00 bits per heavy atom. The van der Waals surface area contributed by atoms with E-state index >= 15 is 0 Å². The Labute approximate surface area is 203 Å². The molecule has 5 rings (SSSR count). The highest BCUT2D eigenvalue weighted by atomic mass is 16.5. The second-order valence-electron chi connectivity index (χ2n) is 8.55. The topological polar surface area (TPSA) is 89.3 Å². The van der Waals surface area contributed by atoms with Crippen LogP contribution < -0.4 is 10.1 Å². The molecule has 0 aliphatic carbocycles. The molecule has 0 spiro atoms. The van der Waals surface area contributed by atoms with E-state index in [-0.39, 0.29) is 18.2 Å². The highest BCUT2D eigenvalue weighted by Gasteiger charge is 2.19. The fourth-order valence-corrected chi connectivity index (χ4v) is 4.36. The summed E-state index contributed by atoms with van der Waals surface area (Å²) in [5, 5.41) is 12.5. The van der Waals surface area contributed by atoms with Crippen LogP contribution in [0.1, 0.15) is 24.8 Å². The van der Waals surface area contributed by atoms with E-state index in [9.17, 15) is 9.59 Å². The van der Waals surface area contributed by atoms with E-state index in [1.165, 1.54) is 0 Å². The Morgan fingerprint density at radius 3 is 2.60 bits per heavy atom. The lowest BCUT2D eigenvalue weighted by Gasteiger charge is -2.15. The van der Waals surface area contributed by atoms with E-state index < -0.39 is 0 Å². The van der Waals surface area contributed by atoms with Crippen LogP contribution in [0.15, 0.2) is 72.9 Å². The van der Waals surface area contributed by atoms with Crippen molar-refractivity contribution in [3.05, 3.63) is 78.5 Å². The molecule has 178 valence electrons. The van der Waals surface area contributed by atoms with Crippen LogP contribution >= 0.6 is 0 Å². The Hall–Kier alpha value is -4.20. The molecule has 1 fully saturated rings. The van der Waals surface area contributed by atoms with E-state index in [0.717, 1.165) is 35.9 Å². The van der Waals surface area contributed by atoms with Gasteiger partial charge in [0, 0.05) is 43.7 Å². The molecule has 2 aromatic heterocycles. The first-order valence-corrected chi connectivity index (χ1v) is 11.9. The van der Waals surface area contributed by atoms with Gasteiger partial charge >= 0.3 is 0 Å². The molecule has 1 N–H and O–H groups in total. The van der Waals surface area contributed by atoms with Crippen molar-refractivity contribution in [2.24, 2.45) is 0 Å². The highest BCUT2D eigenvalue weighted by Crippen LogP contribution is 2.25. The summed E-state index contributed by atoms with van der Waals surface area (Å²) >= 11 is 0. The minimum atomic E-state index is -0.0432. The van der Waals surface area contributed by atoms with Gasteiger partial charge in [0.15, 0.2) is 5.82 Å². The fourth-order valence-electron chi connectivity index (χ4n) is 4.36. The molecule has 0 atom stereocenters. The van der Waals surface area contributed by atoms with Crippen molar-refractivity contribution in [2.45, 2.75) is 25.7 Å². The third-order valence-corrected chi connectivity index (χ3v) is 6.08. The molecule has 0 radical (unpaired) electrons. The van der Waals surface area contributed by atoms with Gasteiger partial charge < -0.3 is 15.0 Å². The number of likely N-dealkylation sites (tertiary alicyclic amines) is 1. The number of fused-ring (bicyclic) bond motifs is 1. The Balaban J connectivity index is 1.25. The normalized spacial score (nSPS) is 13.4. The Morgan fingerprint density at radius 2 is 1.83 bits per heavy atom. The summed E-state index contributed by atoms with van der Waals surface area (Å²) in [6, 6.07) is 21.0. The zero-order valence-electron chi connectivity index (χ0n) is 19.4. The number of amides is 2. The maximum absolute atomic E-state index is 12.6. The number of hydrogen-bond acceptors (Lipinski definition) is 5. The molecule has 1 saturated heterocycles. The summed E-state index contributed by atoms with van der Waals surface area (Å²) < 4.78 is 7.68. The molecule has 3 heterocycles. The number of nitrogens with zero attached hydrogens (tertiary/aromatic N) is 4. The number of ether oxygens (including phenoxy) is 1. The van der Waals surface area contributed by atoms with Crippen molar-refractivity contribution >= 4 is 22.7 Å². The van der Waals surface area contributed by atoms with Crippen LogP contribution in [-0.4, -0.2) is 51.1 Å². The summed E-state index contributed by atoms with van der Waals surface area (Å²) in [6.07, 6.45) is 4.53. The maximum atomic E-state index is 12.6. The van der Waals surface area contributed by atoms with Crippen molar-refractivity contribution in [1.29, 1.82) is 0 Å². The van der Waals surface area contributed by atoms with Crippen LogP contribution in [0.5, 0.6) is 11.6 Å². The van der Waals surface area contributed by atoms with Crippen molar-refractivity contribution in [3.63, 3.8) is 0 Å². The fraction of sp³-hybridized carbons (Fsp3) is 0.259. The number of hydrogen-bond donors (Lipinski definition) is 1. The molecule has 4 aromatic rings. The summed E-state index contributed by atoms with van der Waals surface area (Å²) in [6.45, 7) is 2.07. The number of carbonyl (C=O) groups excluding carboxylic acids is 2. The maximum Gasteiger partial charge on any atom is 0.238 e. The van der Waals surface area contributed by atoms with Gasteiger partial charge in [-0.05, 0) is 42.7 Å². The standard InChI is InChI=1S/C27H27N5O3/c33-25(28-15-7-17-31-16-6-12-27(31)34)18-20-19-32(23-11-5-4-10-22(20)23)24-13-14-26(30-29-24)35-21-8-2-1-3-9-21/h1-5,8-11,13-14,19H,6-7,12,15-18H2,(H,28,33). The SMILES string of the molecule is O=C(Cc1cn(-c2ccc(Oc3ccccc3)nn2)c2ccccc12)NCCCN1CCCC1=O. The molecule has 0 saturated carbocycles. The molecule has 35 heavy (non-hydrogen) atoms. The summed E-state index contributed by atoms with van der Waals surface area (Å²) in [4.78, 5) is 26.2. The van der Waals surface area contributed by atoms with E-state index in [4.69, 9.17) is 4.74 Å². The highest BCUT2D eigenvalue weighted by molar-refractivity contribution is 5.90. The van der Waals surface area contributed by atoms with Gasteiger partial charge in [-0.1, -0.05) is 36.4 Å². The number of carbonyl (C=O) groups is 2. The van der Waals surface area contributed by atoms with Crippen LogP contribution in [0.3, 0.4) is 0 Å². The molecule has 1 aliphatic rings. The summed E-state index contributed by atoms with van der Waals surface area (Å²) in [5.74, 6) is 1.92. The van der Waals surface area contributed by atoms with Gasteiger partial charge in [-0.25, -0.2) is 0 Å². The first kappa shape index (κ1) is 22.6. The van der Waals surface area contributed by atoms with Gasteiger partial charge in [0.25, 0.3) is 0 Å². The summed E-state index contributed by atoms with van der Waals surface area (Å²) in [7, 11) is 0. The zero-order chi connectivity index (χ0) is 24.0. The third-order valence-electron chi connectivity index (χ3n) is 6.08. The Kier molecular flexibility index (Phi) is 6.70. The summed E-state index contributed by atoms with van der Waals surface area (Å²) in [5.41, 5.74) is 1.87. The minimum Gasteiger partial charge on any atom is -0.438 e. The van der Waals surface area contributed by atoms with Crippen LogP contribution in [0.4, 0.5) is 0 Å². The van der Waals surface area contributed by atoms with Gasteiger partial charge in [0.1, 0.15) is 5.75 Å². The van der Waals surface area contributed by atoms with Crippen LogP contribution in [-0.2, 0) is 16.0 Å². The molecule has 2 aromatic carbocycles. The molecule has 8 heteroatoms. The van der Waals surface area contributed by atoms with E-state index in [0.29, 0.717) is 37.0 Å². The Bertz CT molecular complexity index is 1320. The molecular formula is C27H27N5O3. The van der Waals surface area contributed by atoms with Crippen LogP contribution in [0.2, 0.25) is 0 Å². The monoisotopic (exact) mass is 469 g/mol. The average Bonchev–Trinajstić information content (AvgIpc) is 3.46. The van der Waals surface area contributed by atoms with Crippen molar-refractivity contribution in [1.82, 2.24) is 25.0 Å². The van der Waals surface area contributed by atoms with E-state index in [1.54, 1.807) is 6.07 Å². The molecule has 2 amide bonds. The number of rotatable bonds is 9. The quantitative estimate of drug-likeness (QED) is 0.376. The van der Waals surface area contributed by atoms with Gasteiger partial charge in [0.2, 0.25) is 17.7 Å². The second-order valence-corrected chi connectivity index (χ2v) is 8.55. The lowest BCUT2D eigenvalue weighted by molar-refractivity contribution is -0.127. The predicted molar refractivity (Wildman–Crippen MR) is 133 cm³/mol. The zero-order valence-corrected chi connectivity index (χ0v) is 19.4. The first-order chi connectivity index (χ1) is 17.2. The molecule has 0 unspecified atom stereocenters. The van der Waals surface area contributed by atoms with Crippen molar-refractivity contribution < 1.29 is 14.3 Å². The molecule has 0 bridgehead atoms. The van der Waals surface area contributed by atoms with Gasteiger partial charge in [-0.2, -0.15) is 0 Å². The predicted octanol–water partition coefficient (Wildman–Crippen LogP) is 3.88. The van der Waals surface area contributed by atoms with Crippen molar-refractivity contribution in [2.75, 3.05) is 19.6 Å². The second kappa shape index (κ2) is 10.4. The molecule has 8 nitrogen and oxygen atoms in total. The number of aromatic nitrogens is 3. The first-order valence-electron chi connectivity index (χ1n) is 11.9.